The average molecular weight is 642 g/mol. The number of allylic oxidation sites excluding steroid dienone is 2. The van der Waals surface area contributed by atoms with E-state index >= 15 is 0 Å². The fraction of sp³-hybridized carbons (Fsp3) is 0.333. The van der Waals surface area contributed by atoms with Gasteiger partial charge in [-0.05, 0) is 61.1 Å². The number of benzene rings is 4. The molecule has 0 saturated carbocycles. The van der Waals surface area contributed by atoms with Crippen LogP contribution in [0.3, 0.4) is 0 Å². The van der Waals surface area contributed by atoms with E-state index in [1.165, 1.54) is 78.3 Å². The molecule has 3 heteroatoms. The number of rotatable bonds is 12. The first-order valence-electron chi connectivity index (χ1n) is 16.5. The van der Waals surface area contributed by atoms with Crippen LogP contribution in [-0.2, 0) is 29.3 Å². The molecule has 1 heterocycles. The molecule has 1 aliphatic heterocycles. The summed E-state index contributed by atoms with van der Waals surface area (Å²) in [6.45, 7) is 8.61. The van der Waals surface area contributed by atoms with Crippen LogP contribution in [0.15, 0.2) is 109 Å². The Morgan fingerprint density at radius 3 is 1.27 bits per heavy atom. The Balaban J connectivity index is 0.000000384. The molecule has 0 atom stereocenters. The fourth-order valence-corrected chi connectivity index (χ4v) is 4.98. The predicted molar refractivity (Wildman–Crippen MR) is 188 cm³/mol. The minimum absolute atomic E-state index is 0. The van der Waals surface area contributed by atoms with Crippen molar-refractivity contribution < 1.29 is 21.2 Å². The van der Waals surface area contributed by atoms with Crippen molar-refractivity contribution in [2.24, 2.45) is 0 Å². The Kier molecular flexibility index (Phi) is 18.4. The molecular formula is C42H50N2Ni. The Hall–Kier alpha value is -3.55. The van der Waals surface area contributed by atoms with Gasteiger partial charge in [0, 0.05) is 23.3 Å². The molecule has 1 aliphatic rings. The largest absolute Gasteiger partial charge is 2.00 e. The summed E-state index contributed by atoms with van der Waals surface area (Å²) in [5.74, 6) is 0. The maximum atomic E-state index is 10.8. The van der Waals surface area contributed by atoms with E-state index in [2.05, 4.69) is 88.4 Å². The third kappa shape index (κ3) is 14.0. The molecule has 5 rings (SSSR count). The van der Waals surface area contributed by atoms with Gasteiger partial charge in [-0.2, -0.15) is 71.8 Å². The molecule has 0 N–H and O–H groups in total. The van der Waals surface area contributed by atoms with Crippen LogP contribution in [0.25, 0.3) is 16.9 Å². The minimum Gasteiger partial charge on any atom is -0.493 e. The summed E-state index contributed by atoms with van der Waals surface area (Å²) in [5.41, 5.74) is 19.9. The topological polar surface area (TPSA) is 25.3 Å². The van der Waals surface area contributed by atoms with Crippen molar-refractivity contribution in [3.05, 3.63) is 160 Å². The standard InChI is InChI=1S/C28H36N2.2C7H7.Ni/c1-3-5-7-8-9-10-12-24-15-19-26(20-16-24)28-22-21-27(30(28)29)25-17-13-23(14-18-25)11-6-4-2;2*1-7-5-3-2-4-6-7;/h13-22H,3-12H2,1-2H3;2*3-6H,1H3;/q;2*-1;+2. The SMILES string of the molecule is CCCCCCCCc1ccc(C2=CC=C(c3ccc(CCCC)cc3)[N+]2=[N-])cc1.Cc1cc[c-]cc1.Cc1cc[c-]cc1.[Ni+2]. The van der Waals surface area contributed by atoms with Crippen LogP contribution >= 0.6 is 0 Å². The second-order valence-electron chi connectivity index (χ2n) is 11.6. The van der Waals surface area contributed by atoms with Gasteiger partial charge in [-0.3, -0.25) is 0 Å². The van der Waals surface area contributed by atoms with Gasteiger partial charge in [-0.15, -0.1) is 0 Å². The van der Waals surface area contributed by atoms with Crippen LogP contribution < -0.4 is 0 Å². The van der Waals surface area contributed by atoms with Gasteiger partial charge in [0.1, 0.15) is 0 Å². The minimum atomic E-state index is 0. The summed E-state index contributed by atoms with van der Waals surface area (Å²) >= 11 is 0. The summed E-state index contributed by atoms with van der Waals surface area (Å²) in [6, 6.07) is 38.9. The molecule has 0 aromatic heterocycles. The summed E-state index contributed by atoms with van der Waals surface area (Å²) in [7, 11) is 0. The van der Waals surface area contributed by atoms with Crippen molar-refractivity contribution >= 4 is 11.4 Å². The monoisotopic (exact) mass is 640 g/mol. The normalized spacial score (nSPS) is 11.7. The van der Waals surface area contributed by atoms with E-state index in [0.717, 1.165) is 35.4 Å². The Labute approximate surface area is 283 Å². The van der Waals surface area contributed by atoms with Crippen LogP contribution in [0.5, 0.6) is 0 Å². The van der Waals surface area contributed by atoms with E-state index in [1.807, 2.05) is 60.7 Å². The fourth-order valence-electron chi connectivity index (χ4n) is 4.98. The second-order valence-corrected chi connectivity index (χ2v) is 11.6. The number of nitrogens with zero attached hydrogens (tertiary/aromatic N) is 2. The van der Waals surface area contributed by atoms with Gasteiger partial charge in [0.25, 0.3) is 0 Å². The maximum absolute atomic E-state index is 10.8. The van der Waals surface area contributed by atoms with Crippen LogP contribution in [0.2, 0.25) is 0 Å². The van der Waals surface area contributed by atoms with Crippen molar-refractivity contribution in [1.29, 1.82) is 0 Å². The first-order valence-corrected chi connectivity index (χ1v) is 16.5. The molecule has 2 nitrogen and oxygen atoms in total. The maximum Gasteiger partial charge on any atom is 2.00 e. The van der Waals surface area contributed by atoms with Crippen LogP contribution in [-0.4, -0.2) is 4.70 Å². The number of aryl methyl sites for hydroxylation is 4. The summed E-state index contributed by atoms with van der Waals surface area (Å²) in [5, 5.41) is 0. The Bertz CT molecular complexity index is 1380. The van der Waals surface area contributed by atoms with E-state index in [-0.39, 0.29) is 16.5 Å². The van der Waals surface area contributed by atoms with Gasteiger partial charge in [-0.1, -0.05) is 90.5 Å². The van der Waals surface area contributed by atoms with Crippen molar-refractivity contribution in [2.75, 3.05) is 0 Å². The zero-order valence-corrected chi connectivity index (χ0v) is 28.7. The number of hydrogen-bond donors (Lipinski definition) is 0. The van der Waals surface area contributed by atoms with Crippen molar-refractivity contribution in [3.63, 3.8) is 0 Å². The van der Waals surface area contributed by atoms with Gasteiger partial charge in [0.15, 0.2) is 0 Å². The molecule has 0 saturated heterocycles. The third-order valence-electron chi connectivity index (χ3n) is 7.76. The zero-order chi connectivity index (χ0) is 31.4. The predicted octanol–water partition coefficient (Wildman–Crippen LogP) is 11.9. The third-order valence-corrected chi connectivity index (χ3v) is 7.76. The molecule has 238 valence electrons. The average Bonchev–Trinajstić information content (AvgIpc) is 3.44. The van der Waals surface area contributed by atoms with E-state index in [0.29, 0.717) is 0 Å². The van der Waals surface area contributed by atoms with Gasteiger partial charge >= 0.3 is 16.5 Å². The smallest absolute Gasteiger partial charge is 0.493 e. The molecule has 4 aromatic carbocycles. The van der Waals surface area contributed by atoms with E-state index in [9.17, 15) is 5.53 Å². The van der Waals surface area contributed by atoms with Gasteiger partial charge in [-0.25, -0.2) is 4.70 Å². The molecule has 0 fully saturated rings. The van der Waals surface area contributed by atoms with E-state index in [1.54, 1.807) is 0 Å². The first-order chi connectivity index (χ1) is 21.5. The zero-order valence-electron chi connectivity index (χ0n) is 27.7. The number of hydrogen-bond acceptors (Lipinski definition) is 0. The van der Waals surface area contributed by atoms with Crippen LogP contribution in [0.4, 0.5) is 0 Å². The van der Waals surface area contributed by atoms with Gasteiger partial charge in [0.2, 0.25) is 11.4 Å². The molecule has 0 radical (unpaired) electrons. The quantitative estimate of drug-likeness (QED) is 0.0637. The molecule has 0 aliphatic carbocycles. The van der Waals surface area contributed by atoms with Crippen molar-refractivity contribution in [1.82, 2.24) is 0 Å². The van der Waals surface area contributed by atoms with Gasteiger partial charge in [0.05, 0.1) is 0 Å². The Morgan fingerprint density at radius 2 is 0.889 bits per heavy atom. The van der Waals surface area contributed by atoms with Gasteiger partial charge < -0.3 is 5.53 Å². The molecular weight excluding hydrogens is 591 g/mol. The van der Waals surface area contributed by atoms with Crippen LogP contribution in [0, 0.1) is 26.0 Å². The van der Waals surface area contributed by atoms with Crippen molar-refractivity contribution in [3.8, 4) is 0 Å². The van der Waals surface area contributed by atoms with E-state index in [4.69, 9.17) is 0 Å². The molecule has 0 spiro atoms. The van der Waals surface area contributed by atoms with E-state index < -0.39 is 0 Å². The molecule has 45 heavy (non-hydrogen) atoms. The summed E-state index contributed by atoms with van der Waals surface area (Å²) < 4.78 is 1.32. The molecule has 0 amide bonds. The first kappa shape index (κ1) is 37.6. The molecule has 0 bridgehead atoms. The second kappa shape index (κ2) is 22.0. The van der Waals surface area contributed by atoms with Crippen LogP contribution in [0.1, 0.15) is 98.6 Å². The molecule has 0 unspecified atom stereocenters. The Morgan fingerprint density at radius 1 is 0.511 bits per heavy atom. The summed E-state index contributed by atoms with van der Waals surface area (Å²) in [6.07, 6.45) is 16.7. The molecule has 4 aromatic rings. The summed E-state index contributed by atoms with van der Waals surface area (Å²) in [4.78, 5) is 0. The van der Waals surface area contributed by atoms with Crippen molar-refractivity contribution in [2.45, 2.75) is 91.9 Å². The number of unbranched alkanes of at least 4 members (excludes halogenated alkanes) is 6.